The van der Waals surface area contributed by atoms with Crippen molar-refractivity contribution >= 4 is 17.8 Å². The van der Waals surface area contributed by atoms with Gasteiger partial charge < -0.3 is 15.0 Å². The summed E-state index contributed by atoms with van der Waals surface area (Å²) in [6, 6.07) is 0. The minimum atomic E-state index is -0.976. The summed E-state index contributed by atoms with van der Waals surface area (Å²) < 4.78 is 5.32. The molecule has 0 aromatic heterocycles. The number of hydrogen-bond donors (Lipinski definition) is 1. The lowest BCUT2D eigenvalue weighted by atomic mass is 9.49. The summed E-state index contributed by atoms with van der Waals surface area (Å²) in [5.41, 5.74) is 1.44. The molecule has 5 fully saturated rings. The molecule has 2 aliphatic heterocycles. The lowest BCUT2D eigenvalue weighted by Crippen LogP contribution is -2.51. The minimum absolute atomic E-state index is 0.0422. The van der Waals surface area contributed by atoms with Gasteiger partial charge in [-0.2, -0.15) is 0 Å². The molecule has 4 saturated carbocycles. The van der Waals surface area contributed by atoms with Crippen LogP contribution in [0, 0.1) is 34.5 Å². The number of amides is 2. The van der Waals surface area contributed by atoms with Crippen LogP contribution in [0.5, 0.6) is 0 Å². The van der Waals surface area contributed by atoms with Crippen molar-refractivity contribution in [3.05, 3.63) is 11.3 Å². The van der Waals surface area contributed by atoms with E-state index in [1.54, 1.807) is 0 Å². The zero-order valence-corrected chi connectivity index (χ0v) is 20.0. The van der Waals surface area contributed by atoms with Gasteiger partial charge >= 0.3 is 5.97 Å². The third kappa shape index (κ3) is 3.30. The molecule has 1 N–H and O–H groups in total. The fraction of sp³-hybridized carbons (Fsp3) is 0.815. The molecule has 7 rings (SSSR count). The van der Waals surface area contributed by atoms with Gasteiger partial charge in [0.1, 0.15) is 5.41 Å². The number of nitrogens with zero attached hydrogens (tertiary/aromatic N) is 1. The highest BCUT2D eigenvalue weighted by Gasteiger charge is 2.63. The molecule has 5 aliphatic carbocycles. The van der Waals surface area contributed by atoms with Gasteiger partial charge in [0.15, 0.2) is 0 Å². The van der Waals surface area contributed by atoms with Gasteiger partial charge in [0.05, 0.1) is 13.0 Å². The minimum Gasteiger partial charge on any atom is -0.468 e. The Hall–Kier alpha value is -1.85. The van der Waals surface area contributed by atoms with Crippen molar-refractivity contribution in [2.24, 2.45) is 34.5 Å². The van der Waals surface area contributed by atoms with Crippen LogP contribution in [0.3, 0.4) is 0 Å². The summed E-state index contributed by atoms with van der Waals surface area (Å²) in [6.07, 6.45) is 13.3. The third-order valence-electron chi connectivity index (χ3n) is 10.1. The number of hydrogen-bond acceptors (Lipinski definition) is 4. The zero-order chi connectivity index (χ0) is 22.8. The Morgan fingerprint density at radius 1 is 1.03 bits per heavy atom. The molecular formula is C27H38N2O4. The van der Waals surface area contributed by atoms with Crippen molar-refractivity contribution < 1.29 is 19.1 Å². The number of allylic oxidation sites excluding steroid dienone is 1. The van der Waals surface area contributed by atoms with E-state index in [1.165, 1.54) is 51.2 Å². The Bertz CT molecular complexity index is 873. The molecule has 2 atom stereocenters. The maximum Gasteiger partial charge on any atom is 0.318 e. The number of carbonyl (C=O) groups is 3. The van der Waals surface area contributed by atoms with Gasteiger partial charge in [-0.1, -0.05) is 6.42 Å². The molecule has 6 nitrogen and oxygen atoms in total. The van der Waals surface area contributed by atoms with Crippen LogP contribution in [-0.4, -0.2) is 42.9 Å². The summed E-state index contributed by atoms with van der Waals surface area (Å²) in [6.45, 7) is 1.39. The van der Waals surface area contributed by atoms with Crippen LogP contribution in [0.25, 0.3) is 0 Å². The van der Waals surface area contributed by atoms with E-state index in [2.05, 4.69) is 5.32 Å². The Balaban J connectivity index is 1.23. The molecule has 0 spiro atoms. The van der Waals surface area contributed by atoms with E-state index in [0.29, 0.717) is 13.0 Å². The Kier molecular flexibility index (Phi) is 5.15. The van der Waals surface area contributed by atoms with Crippen LogP contribution in [0.2, 0.25) is 0 Å². The van der Waals surface area contributed by atoms with Crippen LogP contribution >= 0.6 is 0 Å². The second-order valence-corrected chi connectivity index (χ2v) is 12.2. The molecular weight excluding hydrogens is 416 g/mol. The number of methoxy groups -OCH3 is 1. The average Bonchev–Trinajstić information content (AvgIpc) is 2.92. The van der Waals surface area contributed by atoms with Crippen LogP contribution in [0.15, 0.2) is 11.3 Å². The molecule has 180 valence electrons. The van der Waals surface area contributed by atoms with Gasteiger partial charge in [0.2, 0.25) is 11.8 Å². The van der Waals surface area contributed by atoms with Crippen LogP contribution < -0.4 is 5.32 Å². The Morgan fingerprint density at radius 2 is 1.70 bits per heavy atom. The van der Waals surface area contributed by atoms with E-state index in [1.807, 2.05) is 4.90 Å². The molecule has 4 bridgehead atoms. The number of rotatable bonds is 5. The number of nitrogens with one attached hydrogen (secondary N) is 1. The summed E-state index contributed by atoms with van der Waals surface area (Å²) in [5, 5.41) is 3.25. The molecule has 6 heteroatoms. The highest BCUT2D eigenvalue weighted by Crippen LogP contribution is 2.60. The molecule has 33 heavy (non-hydrogen) atoms. The molecule has 0 aromatic carbocycles. The van der Waals surface area contributed by atoms with Crippen molar-refractivity contribution in [1.29, 1.82) is 0 Å². The van der Waals surface area contributed by atoms with Gasteiger partial charge in [0, 0.05) is 25.2 Å². The largest absolute Gasteiger partial charge is 0.468 e. The number of ether oxygens (including phenoxy) is 1. The first-order valence-electron chi connectivity index (χ1n) is 13.3. The first-order chi connectivity index (χ1) is 15.9. The van der Waals surface area contributed by atoms with E-state index < -0.39 is 11.3 Å². The van der Waals surface area contributed by atoms with Gasteiger partial charge in [-0.05, 0) is 99.4 Å². The predicted molar refractivity (Wildman–Crippen MR) is 123 cm³/mol. The van der Waals surface area contributed by atoms with Crippen molar-refractivity contribution in [2.45, 2.75) is 83.5 Å². The second-order valence-electron chi connectivity index (χ2n) is 12.2. The van der Waals surface area contributed by atoms with E-state index in [0.717, 1.165) is 62.1 Å². The fourth-order valence-electron chi connectivity index (χ4n) is 9.33. The molecule has 0 unspecified atom stereocenters. The predicted octanol–water partition coefficient (Wildman–Crippen LogP) is 3.95. The summed E-state index contributed by atoms with van der Waals surface area (Å²) in [7, 11) is 1.42. The first kappa shape index (κ1) is 21.7. The molecule has 2 heterocycles. The van der Waals surface area contributed by atoms with E-state index in [-0.39, 0.29) is 29.6 Å². The standard InChI is InChI=1S/C27H38N2O4/c1-33-25(32)27-7-3-2-5-20-6-4-8-29(23(20)27)24(31)21(27)12-22(30)28-16-26-13-17-9-18(14-26)11-19(10-17)15-26/h17-19,21H,2-16H2,1H3,(H,28,30)/t17?,18?,19?,21-,26?,27-/m1/s1. The van der Waals surface area contributed by atoms with Crippen molar-refractivity contribution in [3.8, 4) is 0 Å². The summed E-state index contributed by atoms with van der Waals surface area (Å²) in [5.74, 6) is 1.47. The molecule has 0 aromatic rings. The van der Waals surface area contributed by atoms with Gasteiger partial charge in [-0.3, -0.25) is 14.4 Å². The van der Waals surface area contributed by atoms with Gasteiger partial charge in [-0.25, -0.2) is 0 Å². The SMILES string of the molecule is COC(=O)[C@@]12CCCCC3=C1N(CCC3)C(=O)[C@H]2CC(=O)NCC12CC3CC(CC(C3)C1)C2. The van der Waals surface area contributed by atoms with Crippen molar-refractivity contribution in [2.75, 3.05) is 20.2 Å². The lowest BCUT2D eigenvalue weighted by Gasteiger charge is -2.56. The number of carbonyl (C=O) groups excluding carboxylic acids is 3. The molecule has 1 saturated heterocycles. The third-order valence-corrected chi connectivity index (χ3v) is 10.1. The van der Waals surface area contributed by atoms with Crippen molar-refractivity contribution in [3.63, 3.8) is 0 Å². The Labute approximate surface area is 196 Å². The highest BCUT2D eigenvalue weighted by molar-refractivity contribution is 5.99. The summed E-state index contributed by atoms with van der Waals surface area (Å²) in [4.78, 5) is 42.0. The first-order valence-corrected chi connectivity index (χ1v) is 13.3. The van der Waals surface area contributed by atoms with Crippen LogP contribution in [0.4, 0.5) is 0 Å². The Morgan fingerprint density at radius 3 is 2.36 bits per heavy atom. The van der Waals surface area contributed by atoms with E-state index in [4.69, 9.17) is 4.74 Å². The van der Waals surface area contributed by atoms with E-state index >= 15 is 0 Å². The average molecular weight is 455 g/mol. The smallest absolute Gasteiger partial charge is 0.318 e. The van der Waals surface area contributed by atoms with E-state index in [9.17, 15) is 14.4 Å². The molecule has 2 amide bonds. The topological polar surface area (TPSA) is 75.7 Å². The molecule has 7 aliphatic rings. The quantitative estimate of drug-likeness (QED) is 0.639. The highest BCUT2D eigenvalue weighted by atomic mass is 16.5. The summed E-state index contributed by atoms with van der Waals surface area (Å²) >= 11 is 0. The fourth-order valence-corrected chi connectivity index (χ4v) is 9.33. The monoisotopic (exact) mass is 454 g/mol. The zero-order valence-electron chi connectivity index (χ0n) is 20.0. The van der Waals surface area contributed by atoms with Crippen LogP contribution in [-0.2, 0) is 19.1 Å². The molecule has 0 radical (unpaired) electrons. The van der Waals surface area contributed by atoms with Gasteiger partial charge in [0.25, 0.3) is 0 Å². The van der Waals surface area contributed by atoms with Crippen LogP contribution in [0.1, 0.15) is 83.5 Å². The lowest BCUT2D eigenvalue weighted by molar-refractivity contribution is -0.155. The number of esters is 1. The van der Waals surface area contributed by atoms with Crippen molar-refractivity contribution in [1.82, 2.24) is 10.2 Å². The normalized spacial score (nSPS) is 41.1. The maximum absolute atomic E-state index is 13.6. The maximum atomic E-state index is 13.6. The second kappa shape index (κ2) is 7.84. The van der Waals surface area contributed by atoms with Gasteiger partial charge in [-0.15, -0.1) is 0 Å².